The molecule has 6 heteroatoms. The Kier molecular flexibility index (Phi) is 4.10. The molecule has 0 atom stereocenters. The van der Waals surface area contributed by atoms with E-state index in [4.69, 9.17) is 28.9 Å². The van der Waals surface area contributed by atoms with Gasteiger partial charge < -0.3 is 5.73 Å². The van der Waals surface area contributed by atoms with Gasteiger partial charge in [-0.15, -0.1) is 11.8 Å². The third-order valence-electron chi connectivity index (χ3n) is 2.06. The summed E-state index contributed by atoms with van der Waals surface area (Å²) < 4.78 is 0. The maximum absolute atomic E-state index is 6.02. The van der Waals surface area contributed by atoms with E-state index in [0.29, 0.717) is 21.6 Å². The molecule has 0 aromatic carbocycles. The van der Waals surface area contributed by atoms with Crippen molar-refractivity contribution in [3.05, 3.63) is 46.5 Å². The Bertz CT molecular complexity index is 534. The van der Waals surface area contributed by atoms with Crippen LogP contribution in [0.1, 0.15) is 5.69 Å². The van der Waals surface area contributed by atoms with Crippen molar-refractivity contribution < 1.29 is 0 Å². The zero-order valence-electron chi connectivity index (χ0n) is 8.73. The van der Waals surface area contributed by atoms with Gasteiger partial charge in [-0.25, -0.2) is 4.98 Å². The van der Waals surface area contributed by atoms with Crippen LogP contribution in [0, 0.1) is 0 Å². The molecule has 0 amide bonds. The first-order valence-corrected chi connectivity index (χ1v) is 6.54. The van der Waals surface area contributed by atoms with Crippen LogP contribution in [0.25, 0.3) is 0 Å². The molecule has 0 aliphatic heterocycles. The lowest BCUT2D eigenvalue weighted by molar-refractivity contribution is 1.17. The molecule has 0 saturated heterocycles. The van der Waals surface area contributed by atoms with Gasteiger partial charge in [0.2, 0.25) is 0 Å². The Hall–Kier alpha value is -0.970. The summed E-state index contributed by atoms with van der Waals surface area (Å²) in [4.78, 5) is 9.06. The fraction of sp³-hybridized carbons (Fsp3) is 0.0909. The summed E-state index contributed by atoms with van der Waals surface area (Å²) in [6, 6.07) is 5.26. The van der Waals surface area contributed by atoms with Crippen LogP contribution in [0.4, 0.5) is 5.69 Å². The summed E-state index contributed by atoms with van der Waals surface area (Å²) in [6.07, 6.45) is 3.32. The van der Waals surface area contributed by atoms with Crippen molar-refractivity contribution in [3.8, 4) is 0 Å². The van der Waals surface area contributed by atoms with E-state index in [0.717, 1.165) is 10.6 Å². The number of pyridine rings is 2. The minimum atomic E-state index is 0.438. The lowest BCUT2D eigenvalue weighted by Gasteiger charge is -2.05. The minimum Gasteiger partial charge on any atom is -0.397 e. The lowest BCUT2D eigenvalue weighted by atomic mass is 10.4. The number of hydrogen-bond acceptors (Lipinski definition) is 4. The smallest absolute Gasteiger partial charge is 0.129 e. The molecule has 2 rings (SSSR count). The van der Waals surface area contributed by atoms with E-state index in [9.17, 15) is 0 Å². The van der Waals surface area contributed by atoms with Crippen molar-refractivity contribution in [1.29, 1.82) is 0 Å². The van der Waals surface area contributed by atoms with Crippen LogP contribution in [0.5, 0.6) is 0 Å². The molecule has 88 valence electrons. The Balaban J connectivity index is 2.12. The van der Waals surface area contributed by atoms with E-state index in [1.165, 1.54) is 0 Å². The highest BCUT2D eigenvalue weighted by Crippen LogP contribution is 2.29. The average Bonchev–Trinajstić information content (AvgIpc) is 2.32. The maximum Gasteiger partial charge on any atom is 0.129 e. The highest BCUT2D eigenvalue weighted by molar-refractivity contribution is 7.98. The Labute approximate surface area is 113 Å². The predicted molar refractivity (Wildman–Crippen MR) is 72.5 cm³/mol. The van der Waals surface area contributed by atoms with Gasteiger partial charge in [-0.3, -0.25) is 4.98 Å². The predicted octanol–water partition coefficient (Wildman–Crippen LogP) is 3.66. The van der Waals surface area contributed by atoms with E-state index >= 15 is 0 Å². The van der Waals surface area contributed by atoms with Gasteiger partial charge in [0.05, 0.1) is 22.6 Å². The van der Waals surface area contributed by atoms with Gasteiger partial charge in [0, 0.05) is 16.8 Å². The summed E-state index contributed by atoms with van der Waals surface area (Å²) in [5.41, 5.74) is 7.19. The Morgan fingerprint density at radius 3 is 2.82 bits per heavy atom. The lowest BCUT2D eigenvalue weighted by Crippen LogP contribution is -1.92. The number of nitrogens with zero attached hydrogens (tertiary/aromatic N) is 2. The summed E-state index contributed by atoms with van der Waals surface area (Å²) in [5.74, 6) is 0.619. The molecule has 0 radical (unpaired) electrons. The molecule has 2 aromatic heterocycles. The first kappa shape index (κ1) is 12.5. The fourth-order valence-electron chi connectivity index (χ4n) is 1.23. The normalized spacial score (nSPS) is 10.5. The third kappa shape index (κ3) is 3.25. The fourth-order valence-corrected chi connectivity index (χ4v) is 2.54. The molecule has 3 nitrogen and oxygen atoms in total. The van der Waals surface area contributed by atoms with E-state index in [1.807, 2.05) is 6.07 Å². The average molecular weight is 286 g/mol. The van der Waals surface area contributed by atoms with E-state index in [2.05, 4.69) is 9.97 Å². The highest BCUT2D eigenvalue weighted by atomic mass is 35.5. The second kappa shape index (κ2) is 5.58. The van der Waals surface area contributed by atoms with Crippen molar-refractivity contribution in [3.63, 3.8) is 0 Å². The molecular weight excluding hydrogens is 277 g/mol. The van der Waals surface area contributed by atoms with E-state index < -0.39 is 0 Å². The number of hydrogen-bond donors (Lipinski definition) is 1. The van der Waals surface area contributed by atoms with E-state index in [-0.39, 0.29) is 0 Å². The number of aromatic nitrogens is 2. The van der Waals surface area contributed by atoms with Crippen LogP contribution in [0.3, 0.4) is 0 Å². The summed E-state index contributed by atoms with van der Waals surface area (Å²) in [5, 5.41) is 1.04. The molecule has 0 fully saturated rings. The van der Waals surface area contributed by atoms with Gasteiger partial charge in [0.25, 0.3) is 0 Å². The standard InChI is InChI=1S/C11H9Cl2N3S/c12-7-1-2-11(13)16-9(7)6-17-10-3-4-15-5-8(10)14/h1-5H,6,14H2. The zero-order chi connectivity index (χ0) is 12.3. The van der Waals surface area contributed by atoms with Crippen LogP contribution in [-0.4, -0.2) is 9.97 Å². The molecule has 2 aromatic rings. The van der Waals surface area contributed by atoms with Crippen molar-refractivity contribution >= 4 is 40.7 Å². The number of nitrogens with two attached hydrogens (primary N) is 1. The highest BCUT2D eigenvalue weighted by Gasteiger charge is 2.06. The van der Waals surface area contributed by atoms with Crippen LogP contribution in [0.2, 0.25) is 10.2 Å². The monoisotopic (exact) mass is 285 g/mol. The third-order valence-corrected chi connectivity index (χ3v) is 3.71. The quantitative estimate of drug-likeness (QED) is 0.691. The Morgan fingerprint density at radius 1 is 1.24 bits per heavy atom. The van der Waals surface area contributed by atoms with Crippen LogP contribution >= 0.6 is 35.0 Å². The van der Waals surface area contributed by atoms with E-state index in [1.54, 1.807) is 36.3 Å². The largest absolute Gasteiger partial charge is 0.397 e. The Morgan fingerprint density at radius 2 is 2.06 bits per heavy atom. The molecule has 0 aliphatic carbocycles. The number of rotatable bonds is 3. The molecule has 2 N–H and O–H groups in total. The molecule has 0 saturated carbocycles. The first-order valence-electron chi connectivity index (χ1n) is 4.80. The molecule has 0 bridgehead atoms. The molecule has 17 heavy (non-hydrogen) atoms. The summed E-state index contributed by atoms with van der Waals surface area (Å²) in [6.45, 7) is 0. The summed E-state index contributed by atoms with van der Waals surface area (Å²) >= 11 is 13.4. The number of anilines is 1. The maximum atomic E-state index is 6.02. The first-order chi connectivity index (χ1) is 8.16. The van der Waals surface area contributed by atoms with Crippen molar-refractivity contribution in [2.24, 2.45) is 0 Å². The number of halogens is 2. The molecular formula is C11H9Cl2N3S. The van der Waals surface area contributed by atoms with Gasteiger partial charge in [-0.05, 0) is 18.2 Å². The molecule has 0 unspecified atom stereocenters. The second-order valence-corrected chi connectivity index (χ2v) is 5.08. The number of nitrogen functional groups attached to an aromatic ring is 1. The summed E-state index contributed by atoms with van der Waals surface area (Å²) in [7, 11) is 0. The van der Waals surface area contributed by atoms with Crippen LogP contribution < -0.4 is 5.73 Å². The SMILES string of the molecule is Nc1cnccc1SCc1nc(Cl)ccc1Cl. The van der Waals surface area contributed by atoms with Crippen molar-refractivity contribution in [2.45, 2.75) is 10.6 Å². The van der Waals surface area contributed by atoms with Crippen molar-refractivity contribution in [2.75, 3.05) is 5.73 Å². The topological polar surface area (TPSA) is 51.8 Å². The van der Waals surface area contributed by atoms with Crippen LogP contribution in [0.15, 0.2) is 35.5 Å². The molecule has 0 aliphatic rings. The number of thioether (sulfide) groups is 1. The zero-order valence-corrected chi connectivity index (χ0v) is 11.1. The van der Waals surface area contributed by atoms with Crippen molar-refractivity contribution in [1.82, 2.24) is 9.97 Å². The molecule has 0 spiro atoms. The van der Waals surface area contributed by atoms with Gasteiger partial charge >= 0.3 is 0 Å². The minimum absolute atomic E-state index is 0.438. The molecule has 2 heterocycles. The van der Waals surface area contributed by atoms with Gasteiger partial charge in [0.1, 0.15) is 5.15 Å². The second-order valence-electron chi connectivity index (χ2n) is 3.26. The van der Waals surface area contributed by atoms with Gasteiger partial charge in [0.15, 0.2) is 0 Å². The van der Waals surface area contributed by atoms with Crippen LogP contribution in [-0.2, 0) is 5.75 Å². The van der Waals surface area contributed by atoms with Gasteiger partial charge in [-0.1, -0.05) is 23.2 Å². The van der Waals surface area contributed by atoms with Gasteiger partial charge in [-0.2, -0.15) is 0 Å².